The van der Waals surface area contributed by atoms with Gasteiger partial charge in [0.1, 0.15) is 6.29 Å². The fourth-order valence-electron chi connectivity index (χ4n) is 1.60. The van der Waals surface area contributed by atoms with Crippen molar-refractivity contribution in [3.63, 3.8) is 0 Å². The Morgan fingerprint density at radius 3 is 2.50 bits per heavy atom. The van der Waals surface area contributed by atoms with Gasteiger partial charge in [-0.2, -0.15) is 0 Å². The summed E-state index contributed by atoms with van der Waals surface area (Å²) in [6, 6.07) is 0. The van der Waals surface area contributed by atoms with Crippen LogP contribution in [0, 0.1) is 0 Å². The molecule has 0 amide bonds. The van der Waals surface area contributed by atoms with E-state index in [0.717, 1.165) is 25.5 Å². The molecule has 16 heavy (non-hydrogen) atoms. The van der Waals surface area contributed by atoms with Gasteiger partial charge in [0.15, 0.2) is 0 Å². The molecule has 1 aliphatic heterocycles. The van der Waals surface area contributed by atoms with Crippen LogP contribution in [0.15, 0.2) is 16.4 Å². The van der Waals surface area contributed by atoms with Crippen molar-refractivity contribution in [1.82, 2.24) is 9.91 Å². The monoisotopic (exact) mass is 229 g/mol. The second-order valence-corrected chi connectivity index (χ2v) is 3.06. The van der Waals surface area contributed by atoms with E-state index in [1.54, 1.807) is 11.9 Å². The van der Waals surface area contributed by atoms with Crippen molar-refractivity contribution in [1.29, 1.82) is 0 Å². The third-order valence-corrected chi connectivity index (χ3v) is 2.27. The Labute approximate surface area is 95.0 Å². The van der Waals surface area contributed by atoms with Crippen LogP contribution < -0.4 is 11.7 Å². The molecule has 1 rings (SSSR count). The minimum absolute atomic E-state index is 0.354. The first-order valence-corrected chi connectivity index (χ1v) is 4.81. The normalized spacial score (nSPS) is 18.4. The lowest BCUT2D eigenvalue weighted by Crippen LogP contribution is -2.51. The van der Waals surface area contributed by atoms with Gasteiger partial charge in [-0.25, -0.2) is 5.84 Å². The SMILES string of the molecule is CCC1=C(C=O)CN(N)/C(=N\N)N1C.CO. The van der Waals surface area contributed by atoms with Crippen molar-refractivity contribution in [2.75, 3.05) is 20.7 Å². The zero-order valence-corrected chi connectivity index (χ0v) is 9.84. The molecule has 1 aliphatic rings. The molecule has 0 unspecified atom stereocenters. The summed E-state index contributed by atoms with van der Waals surface area (Å²) < 4.78 is 0. The Balaban J connectivity index is 0.00000106. The Morgan fingerprint density at radius 2 is 2.12 bits per heavy atom. The van der Waals surface area contributed by atoms with Gasteiger partial charge < -0.3 is 15.8 Å². The number of hydrazine groups is 1. The molecule has 92 valence electrons. The number of aliphatic hydroxyl groups is 1. The Hall–Kier alpha value is -1.60. The van der Waals surface area contributed by atoms with E-state index in [1.165, 1.54) is 5.01 Å². The van der Waals surface area contributed by atoms with Crippen LogP contribution in [0.2, 0.25) is 0 Å². The summed E-state index contributed by atoms with van der Waals surface area (Å²) in [5.74, 6) is 11.3. The molecule has 0 fully saturated rings. The van der Waals surface area contributed by atoms with Crippen molar-refractivity contribution < 1.29 is 9.90 Å². The molecular formula is C9H19N5O2. The molecule has 0 bridgehead atoms. The summed E-state index contributed by atoms with van der Waals surface area (Å²) in [7, 11) is 2.78. The second kappa shape index (κ2) is 6.81. The average Bonchev–Trinajstić information content (AvgIpc) is 2.31. The molecule has 0 aromatic rings. The number of aldehydes is 1. The number of allylic oxidation sites excluding steroid dienone is 1. The molecule has 0 saturated heterocycles. The van der Waals surface area contributed by atoms with Crippen LogP contribution in [0.5, 0.6) is 0 Å². The zero-order valence-electron chi connectivity index (χ0n) is 9.84. The minimum atomic E-state index is 0.354. The van der Waals surface area contributed by atoms with E-state index in [1.807, 2.05) is 6.92 Å². The molecular weight excluding hydrogens is 210 g/mol. The van der Waals surface area contributed by atoms with E-state index in [2.05, 4.69) is 5.10 Å². The number of nitrogens with two attached hydrogens (primary N) is 2. The molecule has 0 radical (unpaired) electrons. The summed E-state index contributed by atoms with van der Waals surface area (Å²) in [5.41, 5.74) is 1.58. The third kappa shape index (κ3) is 2.71. The number of carbonyl (C=O) groups excluding carboxylic acids is 1. The van der Waals surface area contributed by atoms with Crippen molar-refractivity contribution >= 4 is 12.2 Å². The second-order valence-electron chi connectivity index (χ2n) is 3.06. The Bertz CT molecular complexity index is 300. The van der Waals surface area contributed by atoms with E-state index < -0.39 is 0 Å². The highest BCUT2D eigenvalue weighted by molar-refractivity contribution is 5.87. The van der Waals surface area contributed by atoms with Crippen molar-refractivity contribution in [3.05, 3.63) is 11.3 Å². The van der Waals surface area contributed by atoms with Crippen LogP contribution in [0.4, 0.5) is 0 Å². The van der Waals surface area contributed by atoms with Crippen LogP contribution in [0.1, 0.15) is 13.3 Å². The molecule has 0 saturated carbocycles. The highest BCUT2D eigenvalue weighted by atomic mass is 16.2. The summed E-state index contributed by atoms with van der Waals surface area (Å²) in [6.07, 6.45) is 1.57. The number of nitrogens with zero attached hydrogens (tertiary/aromatic N) is 3. The molecule has 0 aliphatic carbocycles. The number of rotatable bonds is 2. The molecule has 0 spiro atoms. The van der Waals surface area contributed by atoms with Gasteiger partial charge in [0, 0.05) is 25.4 Å². The van der Waals surface area contributed by atoms with Crippen LogP contribution >= 0.6 is 0 Å². The van der Waals surface area contributed by atoms with E-state index in [4.69, 9.17) is 16.8 Å². The van der Waals surface area contributed by atoms with E-state index in [-0.39, 0.29) is 0 Å². The molecule has 7 nitrogen and oxygen atoms in total. The van der Waals surface area contributed by atoms with Crippen molar-refractivity contribution in [3.8, 4) is 0 Å². The van der Waals surface area contributed by atoms with Gasteiger partial charge in [-0.15, -0.1) is 5.10 Å². The van der Waals surface area contributed by atoms with Gasteiger partial charge in [-0.1, -0.05) is 6.92 Å². The maximum Gasteiger partial charge on any atom is 0.237 e. The fraction of sp³-hybridized carbons (Fsp3) is 0.556. The zero-order chi connectivity index (χ0) is 12.7. The first-order chi connectivity index (χ1) is 7.65. The van der Waals surface area contributed by atoms with E-state index in [9.17, 15) is 4.79 Å². The predicted octanol–water partition coefficient (Wildman–Crippen LogP) is -1.19. The molecule has 0 atom stereocenters. The summed E-state index contributed by atoms with van der Waals surface area (Å²) in [4.78, 5) is 12.5. The topological polar surface area (TPSA) is 108 Å². The average molecular weight is 229 g/mol. The van der Waals surface area contributed by atoms with Crippen LogP contribution in [0.25, 0.3) is 0 Å². The van der Waals surface area contributed by atoms with Crippen molar-refractivity contribution in [2.24, 2.45) is 16.8 Å². The van der Waals surface area contributed by atoms with Crippen LogP contribution in [-0.4, -0.2) is 48.0 Å². The largest absolute Gasteiger partial charge is 0.400 e. The molecule has 7 heteroatoms. The number of aliphatic hydroxyl groups excluding tert-OH is 1. The first kappa shape index (κ1) is 14.4. The summed E-state index contributed by atoms with van der Waals surface area (Å²) >= 11 is 0. The van der Waals surface area contributed by atoms with Gasteiger partial charge in [0.25, 0.3) is 0 Å². The van der Waals surface area contributed by atoms with Gasteiger partial charge in [-0.3, -0.25) is 9.80 Å². The maximum atomic E-state index is 10.8. The quantitative estimate of drug-likeness (QED) is 0.312. The smallest absolute Gasteiger partial charge is 0.237 e. The highest BCUT2D eigenvalue weighted by Crippen LogP contribution is 2.18. The number of hydrogen-bond donors (Lipinski definition) is 3. The molecule has 0 aromatic heterocycles. The predicted molar refractivity (Wildman–Crippen MR) is 61.8 cm³/mol. The molecule has 5 N–H and O–H groups in total. The van der Waals surface area contributed by atoms with Gasteiger partial charge >= 0.3 is 0 Å². The lowest BCUT2D eigenvalue weighted by Gasteiger charge is -2.35. The number of hydrogen-bond acceptors (Lipinski definition) is 5. The lowest BCUT2D eigenvalue weighted by molar-refractivity contribution is -0.105. The number of carbonyl (C=O) groups is 1. The number of guanidine groups is 1. The highest BCUT2D eigenvalue weighted by Gasteiger charge is 2.25. The molecule has 0 aromatic carbocycles. The Morgan fingerprint density at radius 1 is 1.56 bits per heavy atom. The summed E-state index contributed by atoms with van der Waals surface area (Å²) in [6.45, 7) is 2.32. The van der Waals surface area contributed by atoms with E-state index in [0.29, 0.717) is 18.1 Å². The van der Waals surface area contributed by atoms with Gasteiger partial charge in [-0.05, 0) is 6.42 Å². The third-order valence-electron chi connectivity index (χ3n) is 2.27. The lowest BCUT2D eigenvalue weighted by atomic mass is 10.1. The van der Waals surface area contributed by atoms with Crippen molar-refractivity contribution in [2.45, 2.75) is 13.3 Å². The molecule has 1 heterocycles. The number of hydrazone groups is 1. The Kier molecular flexibility index (Phi) is 6.12. The standard InChI is InChI=1S/C8H15N5O.CH4O/c1-3-7-6(5-14)4-13(10)8(11-9)12(7)2;1-2/h5H,3-4,9-10H2,1-2H3;2H,1H3/b11-8-;. The van der Waals surface area contributed by atoms with Gasteiger partial charge in [0.05, 0.1) is 6.54 Å². The fourth-order valence-corrected chi connectivity index (χ4v) is 1.60. The first-order valence-electron chi connectivity index (χ1n) is 4.81. The van der Waals surface area contributed by atoms with Crippen LogP contribution in [-0.2, 0) is 4.79 Å². The van der Waals surface area contributed by atoms with Gasteiger partial charge in [0.2, 0.25) is 5.96 Å². The maximum absolute atomic E-state index is 10.8. The van der Waals surface area contributed by atoms with Crippen LogP contribution in [0.3, 0.4) is 0 Å². The summed E-state index contributed by atoms with van der Waals surface area (Å²) in [5, 5.41) is 11.9. The van der Waals surface area contributed by atoms with E-state index >= 15 is 0 Å². The minimum Gasteiger partial charge on any atom is -0.400 e.